The van der Waals surface area contributed by atoms with E-state index in [9.17, 15) is 4.79 Å². The number of hydrazone groups is 1. The van der Waals surface area contributed by atoms with E-state index < -0.39 is 0 Å². The van der Waals surface area contributed by atoms with Crippen molar-refractivity contribution in [1.82, 2.24) is 9.91 Å². The second-order valence-electron chi connectivity index (χ2n) is 9.05. The average Bonchev–Trinajstić information content (AvgIpc) is 3.34. The third-order valence-corrected chi connectivity index (χ3v) is 6.97. The predicted molar refractivity (Wildman–Crippen MR) is 133 cm³/mol. The Morgan fingerprint density at radius 3 is 2.29 bits per heavy atom. The molecule has 0 radical (unpaired) electrons. The molecule has 1 heterocycles. The summed E-state index contributed by atoms with van der Waals surface area (Å²) in [6, 6.07) is 13.8. The molecule has 1 atom stereocenters. The molecule has 1 amide bonds. The molecule has 182 valence electrons. The van der Waals surface area contributed by atoms with E-state index in [-0.39, 0.29) is 11.9 Å². The van der Waals surface area contributed by atoms with E-state index >= 15 is 0 Å². The Labute approximate surface area is 202 Å². The van der Waals surface area contributed by atoms with Crippen molar-refractivity contribution in [2.24, 2.45) is 5.10 Å². The van der Waals surface area contributed by atoms with Crippen molar-refractivity contribution in [3.63, 3.8) is 0 Å². The van der Waals surface area contributed by atoms with Crippen molar-refractivity contribution < 1.29 is 19.0 Å². The first-order chi connectivity index (χ1) is 16.5. The molecule has 2 aromatic rings. The number of hydrogen-bond acceptors (Lipinski definition) is 6. The Kier molecular flexibility index (Phi) is 7.73. The molecule has 0 N–H and O–H groups in total. The number of carbonyl (C=O) groups is 1. The number of hydrogen-bond donors (Lipinski definition) is 0. The zero-order valence-corrected chi connectivity index (χ0v) is 20.6. The number of rotatable bonds is 8. The van der Waals surface area contributed by atoms with Gasteiger partial charge in [-0.15, -0.1) is 0 Å². The molecule has 2 aromatic carbocycles. The van der Waals surface area contributed by atoms with Gasteiger partial charge in [0.05, 0.1) is 39.6 Å². The van der Waals surface area contributed by atoms with Crippen LogP contribution < -0.4 is 14.2 Å². The Bertz CT molecular complexity index is 1020. The zero-order valence-electron chi connectivity index (χ0n) is 20.6. The summed E-state index contributed by atoms with van der Waals surface area (Å²) in [7, 11) is 6.98. The smallest absolute Gasteiger partial charge is 0.257 e. The van der Waals surface area contributed by atoms with E-state index in [1.807, 2.05) is 42.5 Å². The molecule has 34 heavy (non-hydrogen) atoms. The Morgan fingerprint density at radius 2 is 1.65 bits per heavy atom. The summed E-state index contributed by atoms with van der Waals surface area (Å²) in [6.45, 7) is 0.346. The molecule has 0 bridgehead atoms. The van der Waals surface area contributed by atoms with Crippen LogP contribution in [-0.4, -0.2) is 62.5 Å². The van der Waals surface area contributed by atoms with Crippen molar-refractivity contribution in [2.45, 2.75) is 50.6 Å². The van der Waals surface area contributed by atoms with Crippen LogP contribution in [0.4, 0.5) is 0 Å². The summed E-state index contributed by atoms with van der Waals surface area (Å²) >= 11 is 0. The van der Waals surface area contributed by atoms with Crippen molar-refractivity contribution in [1.29, 1.82) is 0 Å². The second-order valence-corrected chi connectivity index (χ2v) is 9.05. The predicted octanol–water partition coefficient (Wildman–Crippen LogP) is 4.65. The Morgan fingerprint density at radius 1 is 0.971 bits per heavy atom. The molecule has 1 aliphatic heterocycles. The maximum Gasteiger partial charge on any atom is 0.257 e. The number of methoxy groups -OCH3 is 3. The summed E-state index contributed by atoms with van der Waals surface area (Å²) in [6.07, 6.45) is 6.67. The average molecular weight is 466 g/mol. The SMILES string of the molecule is COc1ccc(C2=NN(C(=O)CN(C)C3CCCCC3)C(c3ccc(OC)cc3OC)C2)cc1. The number of carbonyl (C=O) groups excluding carboxylic acids is 1. The number of amides is 1. The maximum absolute atomic E-state index is 13.6. The highest BCUT2D eigenvalue weighted by Gasteiger charge is 2.36. The molecule has 1 unspecified atom stereocenters. The highest BCUT2D eigenvalue weighted by atomic mass is 16.5. The molecule has 1 aliphatic carbocycles. The third kappa shape index (κ3) is 5.20. The van der Waals surface area contributed by atoms with Gasteiger partial charge >= 0.3 is 0 Å². The lowest BCUT2D eigenvalue weighted by atomic mass is 9.94. The van der Waals surface area contributed by atoms with Crippen LogP contribution in [0.2, 0.25) is 0 Å². The molecular formula is C27H35N3O4. The van der Waals surface area contributed by atoms with Gasteiger partial charge in [-0.25, -0.2) is 5.01 Å². The van der Waals surface area contributed by atoms with Crippen LogP contribution in [0.5, 0.6) is 17.2 Å². The summed E-state index contributed by atoms with van der Waals surface area (Å²) < 4.78 is 16.3. The highest BCUT2D eigenvalue weighted by Crippen LogP contribution is 2.39. The lowest BCUT2D eigenvalue weighted by Gasteiger charge is -2.32. The van der Waals surface area contributed by atoms with E-state index in [0.29, 0.717) is 30.5 Å². The molecule has 1 saturated carbocycles. The van der Waals surface area contributed by atoms with Crippen molar-refractivity contribution in [3.05, 3.63) is 53.6 Å². The summed E-state index contributed by atoms with van der Waals surface area (Å²) in [5.41, 5.74) is 2.78. The van der Waals surface area contributed by atoms with Crippen LogP contribution in [0, 0.1) is 0 Å². The lowest BCUT2D eigenvalue weighted by molar-refractivity contribution is -0.134. The van der Waals surface area contributed by atoms with Crippen LogP contribution in [0.15, 0.2) is 47.6 Å². The molecule has 0 spiro atoms. The number of ether oxygens (including phenoxy) is 3. The minimum atomic E-state index is -0.245. The van der Waals surface area contributed by atoms with Gasteiger partial charge in [0, 0.05) is 24.1 Å². The van der Waals surface area contributed by atoms with Gasteiger partial charge in [-0.2, -0.15) is 5.10 Å². The monoisotopic (exact) mass is 465 g/mol. The fourth-order valence-corrected chi connectivity index (χ4v) is 4.97. The van der Waals surface area contributed by atoms with Crippen LogP contribution in [0.1, 0.15) is 55.7 Å². The van der Waals surface area contributed by atoms with Crippen LogP contribution in [0.25, 0.3) is 0 Å². The standard InChI is InChI=1S/C27H35N3O4/c1-29(20-8-6-5-7-9-20)18-27(31)30-25(23-15-14-22(33-3)16-26(23)34-4)17-24(28-30)19-10-12-21(32-2)13-11-19/h10-16,20,25H,5-9,17-18H2,1-4H3. The topological polar surface area (TPSA) is 63.6 Å². The van der Waals surface area contributed by atoms with Gasteiger partial charge in [0.25, 0.3) is 5.91 Å². The largest absolute Gasteiger partial charge is 0.497 e. The van der Waals surface area contributed by atoms with E-state index in [2.05, 4.69) is 11.9 Å². The third-order valence-electron chi connectivity index (χ3n) is 6.97. The molecular weight excluding hydrogens is 430 g/mol. The molecule has 1 fully saturated rings. The van der Waals surface area contributed by atoms with Crippen LogP contribution in [0.3, 0.4) is 0 Å². The van der Waals surface area contributed by atoms with E-state index in [0.717, 1.165) is 35.4 Å². The Balaban J connectivity index is 1.62. The first-order valence-electron chi connectivity index (χ1n) is 12.0. The lowest BCUT2D eigenvalue weighted by Crippen LogP contribution is -2.42. The van der Waals surface area contributed by atoms with Gasteiger partial charge in [-0.05, 0) is 61.9 Å². The van der Waals surface area contributed by atoms with Crippen LogP contribution >= 0.6 is 0 Å². The highest BCUT2D eigenvalue weighted by molar-refractivity contribution is 6.03. The number of nitrogens with zero attached hydrogens (tertiary/aromatic N) is 3. The zero-order chi connectivity index (χ0) is 24.1. The maximum atomic E-state index is 13.6. The molecule has 4 rings (SSSR count). The first kappa shape index (κ1) is 24.1. The van der Waals surface area contributed by atoms with Crippen molar-refractivity contribution in [2.75, 3.05) is 34.9 Å². The van der Waals surface area contributed by atoms with Gasteiger partial charge in [-0.1, -0.05) is 19.3 Å². The quantitative estimate of drug-likeness (QED) is 0.568. The van der Waals surface area contributed by atoms with Gasteiger partial charge < -0.3 is 14.2 Å². The normalized spacial score (nSPS) is 18.7. The molecule has 0 saturated heterocycles. The minimum absolute atomic E-state index is 0.000503. The van der Waals surface area contributed by atoms with Gasteiger partial charge in [-0.3, -0.25) is 9.69 Å². The van der Waals surface area contributed by atoms with Gasteiger partial charge in [0.2, 0.25) is 0 Å². The number of likely N-dealkylation sites (N-methyl/N-ethyl adjacent to an activating group) is 1. The van der Waals surface area contributed by atoms with Crippen molar-refractivity contribution in [3.8, 4) is 17.2 Å². The summed E-state index contributed by atoms with van der Waals surface area (Å²) in [4.78, 5) is 15.8. The molecule has 2 aliphatic rings. The fraction of sp³-hybridized carbons (Fsp3) is 0.481. The minimum Gasteiger partial charge on any atom is -0.497 e. The van der Waals surface area contributed by atoms with Crippen LogP contribution in [-0.2, 0) is 4.79 Å². The molecule has 0 aromatic heterocycles. The van der Waals surface area contributed by atoms with E-state index in [1.54, 1.807) is 26.3 Å². The summed E-state index contributed by atoms with van der Waals surface area (Å²) in [5, 5.41) is 6.49. The van der Waals surface area contributed by atoms with E-state index in [4.69, 9.17) is 19.3 Å². The van der Waals surface area contributed by atoms with Crippen molar-refractivity contribution >= 4 is 11.6 Å². The summed E-state index contributed by atoms with van der Waals surface area (Å²) in [5.74, 6) is 2.19. The first-order valence-corrected chi connectivity index (χ1v) is 12.0. The Hall–Kier alpha value is -3.06. The van der Waals surface area contributed by atoms with Gasteiger partial charge in [0.15, 0.2) is 0 Å². The molecule has 7 nitrogen and oxygen atoms in total. The number of benzene rings is 2. The van der Waals surface area contributed by atoms with Gasteiger partial charge in [0.1, 0.15) is 17.2 Å². The molecule has 7 heteroatoms. The fourth-order valence-electron chi connectivity index (χ4n) is 4.97. The van der Waals surface area contributed by atoms with E-state index in [1.165, 1.54) is 19.3 Å². The second kappa shape index (κ2) is 10.9.